The zero-order chi connectivity index (χ0) is 40.7. The van der Waals surface area contributed by atoms with E-state index in [1.165, 1.54) is 64.2 Å². The van der Waals surface area contributed by atoms with E-state index in [0.29, 0.717) is 17.4 Å². The van der Waals surface area contributed by atoms with Gasteiger partial charge < -0.3 is 33.3 Å². The first-order valence-corrected chi connectivity index (χ1v) is 21.8. The lowest BCUT2D eigenvalue weighted by Gasteiger charge is -2.26. The van der Waals surface area contributed by atoms with Crippen LogP contribution in [0.3, 0.4) is 0 Å². The van der Waals surface area contributed by atoms with Crippen LogP contribution in [0.2, 0.25) is 0 Å². The van der Waals surface area contributed by atoms with Crippen LogP contribution in [0.5, 0.6) is 0 Å². The summed E-state index contributed by atoms with van der Waals surface area (Å²) in [5, 5.41) is 11.7. The Balaban J connectivity index is 4.48. The van der Waals surface area contributed by atoms with E-state index in [0.717, 1.165) is 70.6 Å². The molecule has 0 aliphatic rings. The Morgan fingerprint density at radius 2 is 1.04 bits per heavy atom. The Hall–Kier alpha value is -2.75. The number of ether oxygens (including phenoxy) is 4. The van der Waals surface area contributed by atoms with Gasteiger partial charge in [-0.1, -0.05) is 133 Å². The van der Waals surface area contributed by atoms with Crippen molar-refractivity contribution < 1.29 is 42.9 Å². The fraction of sp³-hybridized carbons (Fsp3) is 0.761. The van der Waals surface area contributed by atoms with E-state index in [-0.39, 0.29) is 38.6 Å². The third-order valence-corrected chi connectivity index (χ3v) is 9.06. The molecule has 0 spiro atoms. The van der Waals surface area contributed by atoms with Crippen molar-refractivity contribution >= 4 is 17.9 Å². The van der Waals surface area contributed by atoms with Gasteiger partial charge in [-0.3, -0.25) is 9.59 Å². The van der Waals surface area contributed by atoms with Crippen LogP contribution in [0.4, 0.5) is 0 Å². The van der Waals surface area contributed by atoms with E-state index < -0.39 is 24.3 Å². The predicted octanol–water partition coefficient (Wildman–Crippen LogP) is 9.88. The number of carbonyl (C=O) groups excluding carboxylic acids is 3. The number of likely N-dealkylation sites (N-methyl/N-ethyl adjacent to an activating group) is 1. The maximum Gasteiger partial charge on any atom is 0.306 e. The minimum atomic E-state index is -1.63. The molecule has 0 fully saturated rings. The highest BCUT2D eigenvalue weighted by Crippen LogP contribution is 2.13. The van der Waals surface area contributed by atoms with E-state index in [9.17, 15) is 19.5 Å². The maximum absolute atomic E-state index is 12.7. The fourth-order valence-electron chi connectivity index (χ4n) is 5.66. The number of carboxylic acid groups (broad SMARTS) is 1. The first kappa shape index (κ1) is 52.2. The Morgan fingerprint density at radius 1 is 0.564 bits per heavy atom. The zero-order valence-corrected chi connectivity index (χ0v) is 35.8. The van der Waals surface area contributed by atoms with Crippen LogP contribution in [0.1, 0.15) is 168 Å². The Labute approximate surface area is 336 Å². The molecule has 2 atom stereocenters. The van der Waals surface area contributed by atoms with E-state index in [2.05, 4.69) is 62.5 Å². The van der Waals surface area contributed by atoms with Crippen LogP contribution in [0.15, 0.2) is 48.6 Å². The number of carbonyl (C=O) groups is 3. The van der Waals surface area contributed by atoms with Gasteiger partial charge in [-0.2, -0.15) is 0 Å². The molecule has 0 rings (SSSR count). The second-order valence-electron chi connectivity index (χ2n) is 15.6. The lowest BCUT2D eigenvalue weighted by atomic mass is 10.1. The van der Waals surface area contributed by atoms with E-state index in [1.807, 2.05) is 21.1 Å². The molecule has 9 heteroatoms. The smallest absolute Gasteiger partial charge is 0.306 e. The van der Waals surface area contributed by atoms with Crippen LogP contribution < -0.4 is 5.11 Å². The van der Waals surface area contributed by atoms with Crippen LogP contribution in [0.25, 0.3) is 0 Å². The van der Waals surface area contributed by atoms with Crippen molar-refractivity contribution in [3.05, 3.63) is 48.6 Å². The molecule has 55 heavy (non-hydrogen) atoms. The van der Waals surface area contributed by atoms with Crippen molar-refractivity contribution in [3.8, 4) is 0 Å². The monoisotopic (exact) mass is 776 g/mol. The third kappa shape index (κ3) is 39.3. The van der Waals surface area contributed by atoms with Gasteiger partial charge in [0.25, 0.3) is 0 Å². The third-order valence-electron chi connectivity index (χ3n) is 9.06. The van der Waals surface area contributed by atoms with Gasteiger partial charge >= 0.3 is 11.9 Å². The summed E-state index contributed by atoms with van der Waals surface area (Å²) in [5.41, 5.74) is 0. The molecule has 0 saturated carbocycles. The van der Waals surface area contributed by atoms with Gasteiger partial charge in [-0.15, -0.1) is 0 Å². The average molecular weight is 776 g/mol. The quantitative estimate of drug-likeness (QED) is 0.0200. The highest BCUT2D eigenvalue weighted by atomic mass is 16.7. The SMILES string of the molecule is CC/C=C\C/C=C\C/C=C\CCCCCC(=O)OC(COC(=O)CCCCCCCCC/C=C\CCCCCCCC)COC(OCC[N+](C)(C)C)C(=O)[O-]. The van der Waals surface area contributed by atoms with Crippen molar-refractivity contribution in [1.29, 1.82) is 0 Å². The number of hydrogen-bond donors (Lipinski definition) is 0. The normalized spacial score (nSPS) is 13.4. The second kappa shape index (κ2) is 38.1. The molecule has 0 aromatic carbocycles. The predicted molar refractivity (Wildman–Crippen MR) is 223 cm³/mol. The molecule has 2 unspecified atom stereocenters. The first-order valence-electron chi connectivity index (χ1n) is 21.8. The highest BCUT2D eigenvalue weighted by molar-refractivity contribution is 5.70. The lowest BCUT2D eigenvalue weighted by molar-refractivity contribution is -0.870. The molecule has 0 aliphatic heterocycles. The minimum absolute atomic E-state index is 0.140. The molecule has 0 aromatic rings. The van der Waals surface area contributed by atoms with Gasteiger partial charge in [-0.05, 0) is 70.6 Å². The van der Waals surface area contributed by atoms with Gasteiger partial charge in [0, 0.05) is 12.8 Å². The maximum atomic E-state index is 12.7. The van der Waals surface area contributed by atoms with Crippen LogP contribution in [-0.4, -0.2) is 82.3 Å². The Kier molecular flexibility index (Phi) is 36.2. The largest absolute Gasteiger partial charge is 0.545 e. The summed E-state index contributed by atoms with van der Waals surface area (Å²) >= 11 is 0. The molecular weight excluding hydrogens is 695 g/mol. The van der Waals surface area contributed by atoms with Gasteiger partial charge in [0.1, 0.15) is 13.2 Å². The molecule has 318 valence electrons. The fourth-order valence-corrected chi connectivity index (χ4v) is 5.66. The molecule has 0 radical (unpaired) electrons. The van der Waals surface area contributed by atoms with Crippen molar-refractivity contribution in [2.24, 2.45) is 0 Å². The second-order valence-corrected chi connectivity index (χ2v) is 15.6. The van der Waals surface area contributed by atoms with Crippen LogP contribution >= 0.6 is 0 Å². The van der Waals surface area contributed by atoms with Crippen molar-refractivity contribution in [1.82, 2.24) is 0 Å². The molecule has 0 amide bonds. The molecule has 0 heterocycles. The van der Waals surface area contributed by atoms with Gasteiger partial charge in [0.2, 0.25) is 0 Å². The number of esters is 2. The number of quaternary nitrogens is 1. The standard InChI is InChI=1S/C46H81NO8/c1-6-8-10-12-14-16-18-20-21-22-23-25-26-28-30-32-34-36-43(48)53-40-42(41-54-46(45(50)51)52-39-38-47(3,4)5)55-44(49)37-35-33-31-29-27-24-19-17-15-13-11-9-7-2/h9,11,15,17,20-21,24,27,42,46H,6-8,10,12-14,16,18-19,22-23,25-26,28-41H2,1-5H3/b11-9-,17-15-,21-20-,27-24-. The number of rotatable bonds is 39. The van der Waals surface area contributed by atoms with Gasteiger partial charge in [0.15, 0.2) is 12.4 Å². The summed E-state index contributed by atoms with van der Waals surface area (Å²) in [6.07, 6.45) is 40.0. The molecule has 0 aliphatic carbocycles. The minimum Gasteiger partial charge on any atom is -0.545 e. The lowest BCUT2D eigenvalue weighted by Crippen LogP contribution is -2.44. The number of unbranched alkanes of at least 4 members (excludes halogenated alkanes) is 16. The first-order chi connectivity index (χ1) is 26.6. The number of aliphatic carboxylic acids is 1. The average Bonchev–Trinajstić information content (AvgIpc) is 3.14. The summed E-state index contributed by atoms with van der Waals surface area (Å²) < 4.78 is 22.5. The molecule has 0 aromatic heterocycles. The van der Waals surface area contributed by atoms with E-state index >= 15 is 0 Å². The highest BCUT2D eigenvalue weighted by Gasteiger charge is 2.21. The molecular formula is C46H81NO8. The van der Waals surface area contributed by atoms with Gasteiger partial charge in [0.05, 0.1) is 40.3 Å². The summed E-state index contributed by atoms with van der Waals surface area (Å²) in [6, 6.07) is 0. The van der Waals surface area contributed by atoms with Gasteiger partial charge in [-0.25, -0.2) is 0 Å². The summed E-state index contributed by atoms with van der Waals surface area (Å²) in [6.45, 7) is 4.56. The number of allylic oxidation sites excluding steroid dienone is 8. The Bertz CT molecular complexity index is 1050. The molecule has 0 bridgehead atoms. The van der Waals surface area contributed by atoms with E-state index in [4.69, 9.17) is 18.9 Å². The van der Waals surface area contributed by atoms with E-state index in [1.54, 1.807) is 0 Å². The summed E-state index contributed by atoms with van der Waals surface area (Å²) in [7, 11) is 5.89. The number of nitrogens with zero attached hydrogens (tertiary/aromatic N) is 1. The molecule has 9 nitrogen and oxygen atoms in total. The zero-order valence-electron chi connectivity index (χ0n) is 35.8. The summed E-state index contributed by atoms with van der Waals surface area (Å²) in [5.74, 6) is -2.34. The number of hydrogen-bond acceptors (Lipinski definition) is 8. The van der Waals surface area contributed by atoms with Crippen molar-refractivity contribution in [2.45, 2.75) is 180 Å². The molecule has 0 N–H and O–H groups in total. The topological polar surface area (TPSA) is 111 Å². The van der Waals surface area contributed by atoms with Crippen LogP contribution in [-0.2, 0) is 33.3 Å². The van der Waals surface area contributed by atoms with Crippen molar-refractivity contribution in [2.75, 3.05) is 47.5 Å². The summed E-state index contributed by atoms with van der Waals surface area (Å²) in [4.78, 5) is 36.9. The Morgan fingerprint density at radius 3 is 1.58 bits per heavy atom. The molecule has 0 saturated heterocycles. The van der Waals surface area contributed by atoms with Crippen LogP contribution in [0, 0.1) is 0 Å². The number of carboxylic acids is 1. The van der Waals surface area contributed by atoms with Crippen molar-refractivity contribution in [3.63, 3.8) is 0 Å².